The third-order valence-corrected chi connectivity index (χ3v) is 1.12. The van der Waals surface area contributed by atoms with Gasteiger partial charge in [-0.1, -0.05) is 0 Å². The molecule has 0 spiro atoms. The molecule has 0 unspecified atom stereocenters. The first-order valence-electron chi connectivity index (χ1n) is 2.57. The summed E-state index contributed by atoms with van der Waals surface area (Å²) in [6.45, 7) is 0. The number of nitrogens with one attached hydrogen (secondary N) is 1. The maximum atomic E-state index is 4.86. The first kappa shape index (κ1) is 4.43. The van der Waals surface area contributed by atoms with E-state index in [1.54, 1.807) is 25.1 Å². The van der Waals surface area contributed by atoms with Gasteiger partial charge in [0.1, 0.15) is 18.9 Å². The first-order chi connectivity index (χ1) is 4.47. The summed E-state index contributed by atoms with van der Waals surface area (Å²) in [7, 11) is 0. The Kier molecular flexibility index (Phi) is 0.745. The van der Waals surface area contributed by atoms with Crippen molar-refractivity contribution in [2.45, 2.75) is 0 Å². The van der Waals surface area contributed by atoms with Crippen LogP contribution in [0.1, 0.15) is 0 Å². The molecule has 4 nitrogen and oxygen atoms in total. The predicted octanol–water partition coefficient (Wildman–Crippen LogP) is 0.135. The van der Waals surface area contributed by atoms with Crippen molar-refractivity contribution < 1.29 is 4.74 Å². The van der Waals surface area contributed by atoms with Gasteiger partial charge in [-0.05, 0) is 0 Å². The number of hydrazone groups is 1. The predicted molar refractivity (Wildman–Crippen MR) is 31.8 cm³/mol. The van der Waals surface area contributed by atoms with E-state index in [0.29, 0.717) is 0 Å². The van der Waals surface area contributed by atoms with Crippen molar-refractivity contribution in [3.63, 3.8) is 0 Å². The van der Waals surface area contributed by atoms with Crippen molar-refractivity contribution in [3.05, 3.63) is 24.5 Å². The average Bonchev–Trinajstić information content (AvgIpc) is 2.33. The van der Waals surface area contributed by atoms with Crippen molar-refractivity contribution in [1.29, 1.82) is 0 Å². The van der Waals surface area contributed by atoms with Crippen LogP contribution >= 0.6 is 0 Å². The van der Waals surface area contributed by atoms with Gasteiger partial charge in [0.05, 0.1) is 0 Å². The lowest BCUT2D eigenvalue weighted by molar-refractivity contribution is 0.358. The highest BCUT2D eigenvalue weighted by Gasteiger charge is 2.11. The molecule has 2 heterocycles. The molecule has 0 saturated carbocycles. The Morgan fingerprint density at radius 3 is 3.56 bits per heavy atom. The van der Waals surface area contributed by atoms with Crippen molar-refractivity contribution in [1.82, 2.24) is 10.3 Å². The topological polar surface area (TPSA) is 36.9 Å². The van der Waals surface area contributed by atoms with Gasteiger partial charge in [-0.25, -0.2) is 0 Å². The molecule has 9 heavy (non-hydrogen) atoms. The van der Waals surface area contributed by atoms with Crippen molar-refractivity contribution >= 4 is 6.34 Å². The first-order valence-corrected chi connectivity index (χ1v) is 2.57. The highest BCUT2D eigenvalue weighted by Crippen LogP contribution is 2.08. The summed E-state index contributed by atoms with van der Waals surface area (Å²) >= 11 is 0. The number of nitrogens with zero attached hydrogens (tertiary/aromatic N) is 2. The Hall–Kier alpha value is -1.45. The van der Waals surface area contributed by atoms with Gasteiger partial charge in [0.2, 0.25) is 0 Å². The third kappa shape index (κ3) is 0.561. The SMILES string of the molecule is C1=CN2C=NNC2=CO1. The van der Waals surface area contributed by atoms with Crippen molar-refractivity contribution in [2.24, 2.45) is 5.10 Å². The highest BCUT2D eigenvalue weighted by molar-refractivity contribution is 5.62. The lowest BCUT2D eigenvalue weighted by Gasteiger charge is -2.12. The molecule has 2 aliphatic rings. The van der Waals surface area contributed by atoms with Gasteiger partial charge in [-0.3, -0.25) is 10.3 Å². The maximum absolute atomic E-state index is 4.86. The van der Waals surface area contributed by atoms with E-state index in [4.69, 9.17) is 4.74 Å². The van der Waals surface area contributed by atoms with Crippen LogP contribution < -0.4 is 5.43 Å². The van der Waals surface area contributed by atoms with Crippen LogP contribution in [0.3, 0.4) is 0 Å². The summed E-state index contributed by atoms with van der Waals surface area (Å²) in [6, 6.07) is 0. The molecule has 0 aromatic carbocycles. The molecule has 0 radical (unpaired) electrons. The minimum absolute atomic E-state index is 0.845. The van der Waals surface area contributed by atoms with Gasteiger partial charge in [0, 0.05) is 6.20 Å². The van der Waals surface area contributed by atoms with E-state index in [1.807, 2.05) is 4.90 Å². The molecule has 4 heteroatoms. The van der Waals surface area contributed by atoms with Crippen molar-refractivity contribution in [2.75, 3.05) is 0 Å². The summed E-state index contributed by atoms with van der Waals surface area (Å²) in [5, 5.41) is 3.78. The fraction of sp³-hybridized carbons (Fsp3) is 0. The molecule has 0 fully saturated rings. The molecule has 0 aromatic rings. The maximum Gasteiger partial charge on any atom is 0.168 e. The molecule has 46 valence electrons. The Morgan fingerprint density at radius 1 is 1.67 bits per heavy atom. The standard InChI is InChI=1S/C5H5N3O/c1-2-9-3-5-7-6-4-8(1)5/h1-4,7H. The Morgan fingerprint density at radius 2 is 2.67 bits per heavy atom. The summed E-state index contributed by atoms with van der Waals surface area (Å²) in [5.74, 6) is 0.845. The minimum atomic E-state index is 0.845. The van der Waals surface area contributed by atoms with Crippen LogP contribution in [0.25, 0.3) is 0 Å². The van der Waals surface area contributed by atoms with Gasteiger partial charge >= 0.3 is 0 Å². The molecule has 0 bridgehead atoms. The smallest absolute Gasteiger partial charge is 0.168 e. The molecule has 0 saturated heterocycles. The summed E-state index contributed by atoms with van der Waals surface area (Å²) < 4.78 is 4.86. The largest absolute Gasteiger partial charge is 0.467 e. The van der Waals surface area contributed by atoms with Gasteiger partial charge in [0.15, 0.2) is 5.82 Å². The number of hydrogen-bond donors (Lipinski definition) is 1. The zero-order chi connectivity index (χ0) is 6.10. The second-order valence-electron chi connectivity index (χ2n) is 1.69. The van der Waals surface area contributed by atoms with E-state index >= 15 is 0 Å². The summed E-state index contributed by atoms with van der Waals surface area (Å²) in [5.41, 5.74) is 2.74. The van der Waals surface area contributed by atoms with Crippen LogP contribution in [0.4, 0.5) is 0 Å². The Bertz CT molecular complexity index is 206. The molecule has 1 N–H and O–H groups in total. The van der Waals surface area contributed by atoms with Crippen LogP contribution in [-0.2, 0) is 4.74 Å². The summed E-state index contributed by atoms with van der Waals surface area (Å²) in [4.78, 5) is 1.82. The molecule has 2 aliphatic heterocycles. The molecule has 2 rings (SSSR count). The molecule has 0 atom stereocenters. The van der Waals surface area contributed by atoms with E-state index in [2.05, 4.69) is 10.5 Å². The lowest BCUT2D eigenvalue weighted by Crippen LogP contribution is -2.16. The molecule has 0 aromatic heterocycles. The van der Waals surface area contributed by atoms with Crippen LogP contribution in [0.2, 0.25) is 0 Å². The van der Waals surface area contributed by atoms with E-state index in [9.17, 15) is 0 Å². The fourth-order valence-electron chi connectivity index (χ4n) is 0.688. The van der Waals surface area contributed by atoms with Crippen LogP contribution in [-0.4, -0.2) is 11.2 Å². The normalized spacial score (nSPS) is 20.4. The number of ether oxygens (including phenoxy) is 1. The third-order valence-electron chi connectivity index (χ3n) is 1.12. The lowest BCUT2D eigenvalue weighted by atomic mass is 10.6. The van der Waals surface area contributed by atoms with Gasteiger partial charge in [-0.15, -0.1) is 0 Å². The molecule has 0 aliphatic carbocycles. The Labute approximate surface area is 52.1 Å². The van der Waals surface area contributed by atoms with Gasteiger partial charge < -0.3 is 4.74 Å². The van der Waals surface area contributed by atoms with Crippen LogP contribution in [0.15, 0.2) is 29.6 Å². The van der Waals surface area contributed by atoms with E-state index in [1.165, 1.54) is 0 Å². The highest BCUT2D eigenvalue weighted by atomic mass is 16.5. The molecular weight excluding hydrogens is 118 g/mol. The second-order valence-corrected chi connectivity index (χ2v) is 1.69. The van der Waals surface area contributed by atoms with Crippen LogP contribution in [0.5, 0.6) is 0 Å². The summed E-state index contributed by atoms with van der Waals surface area (Å²) in [6.07, 6.45) is 6.62. The molecular formula is C5H5N3O. The zero-order valence-electron chi connectivity index (χ0n) is 4.61. The number of rotatable bonds is 0. The molecule has 0 amide bonds. The average molecular weight is 123 g/mol. The van der Waals surface area contributed by atoms with E-state index in [-0.39, 0.29) is 0 Å². The van der Waals surface area contributed by atoms with Crippen molar-refractivity contribution in [3.8, 4) is 0 Å². The van der Waals surface area contributed by atoms with Crippen LogP contribution in [0, 0.1) is 0 Å². The second kappa shape index (κ2) is 1.51. The van der Waals surface area contributed by atoms with Gasteiger partial charge in [-0.2, -0.15) is 5.10 Å². The fourth-order valence-corrected chi connectivity index (χ4v) is 0.688. The van der Waals surface area contributed by atoms with E-state index < -0.39 is 0 Å². The monoisotopic (exact) mass is 123 g/mol. The number of fused-ring (bicyclic) bond motifs is 1. The van der Waals surface area contributed by atoms with E-state index in [0.717, 1.165) is 5.82 Å². The van der Waals surface area contributed by atoms with Gasteiger partial charge in [0.25, 0.3) is 0 Å². The zero-order valence-corrected chi connectivity index (χ0v) is 4.61. The Balaban J connectivity index is 2.29. The number of hydrogen-bond acceptors (Lipinski definition) is 4. The quantitative estimate of drug-likeness (QED) is 0.497. The minimum Gasteiger partial charge on any atom is -0.467 e.